The van der Waals surface area contributed by atoms with Crippen molar-refractivity contribution in [2.24, 2.45) is 0 Å². The number of rotatable bonds is 4. The lowest BCUT2D eigenvalue weighted by molar-refractivity contribution is -0.275. The van der Waals surface area contributed by atoms with Gasteiger partial charge in [-0.3, -0.25) is 9.59 Å². The highest BCUT2D eigenvalue weighted by molar-refractivity contribution is 5.70. The molecule has 0 saturated heterocycles. The molecule has 5 nitrogen and oxygen atoms in total. The van der Waals surface area contributed by atoms with Crippen LogP contribution in [-0.4, -0.2) is 22.4 Å². The smallest absolute Gasteiger partial charge is 0.481 e. The zero-order valence-electron chi connectivity index (χ0n) is 8.92. The number of hydrogen-bond donors (Lipinski definition) is 2. The Hall–Kier alpha value is -2.13. The van der Waals surface area contributed by atoms with E-state index >= 15 is 0 Å². The van der Waals surface area contributed by atoms with E-state index in [0.717, 1.165) is 0 Å². The summed E-state index contributed by atoms with van der Waals surface area (Å²) in [7, 11) is 0. The van der Waals surface area contributed by atoms with Gasteiger partial charge in [0.05, 0.1) is 17.7 Å². The van der Waals surface area contributed by atoms with Crippen LogP contribution in [0, 0.1) is 0 Å². The Labute approximate surface area is 101 Å². The van der Waals surface area contributed by atoms with E-state index in [1.54, 1.807) is 4.98 Å². The molecule has 0 atom stereocenters. The summed E-state index contributed by atoms with van der Waals surface area (Å²) in [5, 5.41) is 8.46. The largest absolute Gasteiger partial charge is 0.573 e. The SMILES string of the molecule is O=C(O)Cc1[nH]c(=O)cc(C(F)F)c1OC(F)(F)F. The number of carboxylic acids is 1. The maximum Gasteiger partial charge on any atom is 0.573 e. The summed E-state index contributed by atoms with van der Waals surface area (Å²) in [5.74, 6) is -3.02. The molecule has 1 aromatic heterocycles. The molecular weight excluding hydrogens is 281 g/mol. The van der Waals surface area contributed by atoms with E-state index in [1.807, 2.05) is 0 Å². The average molecular weight is 287 g/mol. The first-order valence-corrected chi connectivity index (χ1v) is 4.62. The number of ether oxygens (including phenoxy) is 1. The minimum absolute atomic E-state index is 0.219. The molecule has 0 aliphatic heterocycles. The zero-order valence-corrected chi connectivity index (χ0v) is 8.92. The molecule has 0 saturated carbocycles. The number of aliphatic carboxylic acids is 1. The monoisotopic (exact) mass is 287 g/mol. The number of aromatic amines is 1. The summed E-state index contributed by atoms with van der Waals surface area (Å²) >= 11 is 0. The summed E-state index contributed by atoms with van der Waals surface area (Å²) in [6.07, 6.45) is -9.82. The number of carboxylic acid groups (broad SMARTS) is 1. The molecule has 0 aliphatic carbocycles. The summed E-state index contributed by atoms with van der Waals surface area (Å²) in [5.41, 5.74) is -3.36. The lowest BCUT2D eigenvalue weighted by atomic mass is 10.1. The highest BCUT2D eigenvalue weighted by atomic mass is 19.4. The first kappa shape index (κ1) is 14.9. The Bertz CT molecular complexity index is 536. The fourth-order valence-electron chi connectivity index (χ4n) is 1.30. The maximum absolute atomic E-state index is 12.6. The van der Waals surface area contributed by atoms with Crippen LogP contribution in [0.1, 0.15) is 17.7 Å². The Kier molecular flexibility index (Phi) is 4.12. The highest BCUT2D eigenvalue weighted by Crippen LogP contribution is 2.34. The van der Waals surface area contributed by atoms with Gasteiger partial charge >= 0.3 is 12.3 Å². The number of carbonyl (C=O) groups is 1. The van der Waals surface area contributed by atoms with Crippen LogP contribution in [0.2, 0.25) is 0 Å². The van der Waals surface area contributed by atoms with Gasteiger partial charge in [-0.05, 0) is 0 Å². The zero-order chi connectivity index (χ0) is 14.8. The molecule has 0 aromatic carbocycles. The second kappa shape index (κ2) is 5.24. The minimum Gasteiger partial charge on any atom is -0.481 e. The van der Waals surface area contributed by atoms with Crippen LogP contribution in [0.15, 0.2) is 10.9 Å². The van der Waals surface area contributed by atoms with Gasteiger partial charge < -0.3 is 14.8 Å². The Morgan fingerprint density at radius 2 is 2.00 bits per heavy atom. The molecule has 0 fully saturated rings. The van der Waals surface area contributed by atoms with E-state index in [-0.39, 0.29) is 6.07 Å². The lowest BCUT2D eigenvalue weighted by Gasteiger charge is -2.15. The van der Waals surface area contributed by atoms with Crippen molar-refractivity contribution in [3.8, 4) is 5.75 Å². The Morgan fingerprint density at radius 3 is 2.42 bits per heavy atom. The van der Waals surface area contributed by atoms with Crippen molar-refractivity contribution in [3.05, 3.63) is 27.7 Å². The van der Waals surface area contributed by atoms with E-state index in [0.29, 0.717) is 0 Å². The van der Waals surface area contributed by atoms with Crippen LogP contribution in [0.4, 0.5) is 22.0 Å². The first-order chi connectivity index (χ1) is 8.60. The molecule has 106 valence electrons. The van der Waals surface area contributed by atoms with Gasteiger partial charge in [0.1, 0.15) is 0 Å². The molecule has 0 radical (unpaired) electrons. The third-order valence-corrected chi connectivity index (χ3v) is 1.88. The Morgan fingerprint density at radius 1 is 1.42 bits per heavy atom. The first-order valence-electron chi connectivity index (χ1n) is 4.62. The van der Waals surface area contributed by atoms with Gasteiger partial charge in [0.25, 0.3) is 6.43 Å². The normalized spacial score (nSPS) is 11.7. The van der Waals surface area contributed by atoms with Crippen molar-refractivity contribution in [2.45, 2.75) is 19.2 Å². The molecule has 0 unspecified atom stereocenters. The van der Waals surface area contributed by atoms with Crippen molar-refractivity contribution in [1.82, 2.24) is 4.98 Å². The van der Waals surface area contributed by atoms with Crippen LogP contribution in [0.3, 0.4) is 0 Å². The average Bonchev–Trinajstić information content (AvgIpc) is 2.18. The van der Waals surface area contributed by atoms with Crippen LogP contribution >= 0.6 is 0 Å². The van der Waals surface area contributed by atoms with Crippen molar-refractivity contribution in [1.29, 1.82) is 0 Å². The van der Waals surface area contributed by atoms with Gasteiger partial charge in [-0.1, -0.05) is 0 Å². The Balaban J connectivity index is 3.42. The summed E-state index contributed by atoms with van der Waals surface area (Å²) in [6, 6.07) is 0.219. The molecule has 0 amide bonds. The van der Waals surface area contributed by atoms with Gasteiger partial charge in [0.15, 0.2) is 5.75 Å². The predicted molar refractivity (Wildman–Crippen MR) is 50.0 cm³/mol. The third kappa shape index (κ3) is 4.23. The molecule has 0 aliphatic rings. The predicted octanol–water partition coefficient (Wildman–Crippen LogP) is 1.84. The van der Waals surface area contributed by atoms with Crippen molar-refractivity contribution < 1.29 is 36.6 Å². The fraction of sp³-hybridized carbons (Fsp3) is 0.333. The fourth-order valence-corrected chi connectivity index (χ4v) is 1.30. The van der Waals surface area contributed by atoms with E-state index in [4.69, 9.17) is 5.11 Å². The van der Waals surface area contributed by atoms with Crippen LogP contribution < -0.4 is 10.3 Å². The quantitative estimate of drug-likeness (QED) is 0.828. The summed E-state index contributed by atoms with van der Waals surface area (Å²) < 4.78 is 64.8. The molecule has 2 N–H and O–H groups in total. The van der Waals surface area contributed by atoms with E-state index in [1.165, 1.54) is 0 Å². The minimum atomic E-state index is -5.30. The lowest BCUT2D eigenvalue weighted by Crippen LogP contribution is -2.23. The van der Waals surface area contributed by atoms with Crippen LogP contribution in [-0.2, 0) is 11.2 Å². The number of alkyl halides is 5. The number of pyridine rings is 1. The topological polar surface area (TPSA) is 79.4 Å². The van der Waals surface area contributed by atoms with Gasteiger partial charge in [0.2, 0.25) is 5.56 Å². The third-order valence-electron chi connectivity index (χ3n) is 1.88. The van der Waals surface area contributed by atoms with E-state index in [2.05, 4.69) is 4.74 Å². The highest BCUT2D eigenvalue weighted by Gasteiger charge is 2.35. The number of H-pyrrole nitrogens is 1. The van der Waals surface area contributed by atoms with Gasteiger partial charge in [0, 0.05) is 6.07 Å². The number of halogens is 5. The van der Waals surface area contributed by atoms with Crippen molar-refractivity contribution >= 4 is 5.97 Å². The van der Waals surface area contributed by atoms with E-state index < -0.39 is 47.7 Å². The summed E-state index contributed by atoms with van der Waals surface area (Å²) in [6.45, 7) is 0. The number of nitrogens with one attached hydrogen (secondary N) is 1. The molecule has 1 heterocycles. The van der Waals surface area contributed by atoms with Gasteiger partial charge in [-0.15, -0.1) is 13.2 Å². The number of aromatic nitrogens is 1. The molecule has 0 bridgehead atoms. The molecular formula is C9H6F5NO4. The molecule has 0 spiro atoms. The van der Waals surface area contributed by atoms with E-state index in [9.17, 15) is 31.5 Å². The molecule has 19 heavy (non-hydrogen) atoms. The molecule has 10 heteroatoms. The van der Waals surface area contributed by atoms with Crippen molar-refractivity contribution in [3.63, 3.8) is 0 Å². The number of hydrogen-bond acceptors (Lipinski definition) is 3. The van der Waals surface area contributed by atoms with Crippen LogP contribution in [0.25, 0.3) is 0 Å². The molecule has 1 rings (SSSR count). The van der Waals surface area contributed by atoms with Crippen LogP contribution in [0.5, 0.6) is 5.75 Å². The standard InChI is InChI=1S/C9H6F5NO4/c10-8(11)3-1-5(16)15-4(2-6(17)18)7(3)19-9(12,13)14/h1,8H,2H2,(H,15,16)(H,17,18). The molecule has 1 aromatic rings. The second-order valence-electron chi connectivity index (χ2n) is 3.32. The van der Waals surface area contributed by atoms with Gasteiger partial charge in [-0.2, -0.15) is 0 Å². The summed E-state index contributed by atoms with van der Waals surface area (Å²) in [4.78, 5) is 23.2. The van der Waals surface area contributed by atoms with Crippen molar-refractivity contribution in [2.75, 3.05) is 0 Å². The maximum atomic E-state index is 12.6. The second-order valence-corrected chi connectivity index (χ2v) is 3.32. The van der Waals surface area contributed by atoms with Gasteiger partial charge in [-0.25, -0.2) is 8.78 Å².